The lowest BCUT2D eigenvalue weighted by Crippen LogP contribution is -1.96. The van der Waals surface area contributed by atoms with Crippen LogP contribution in [0, 0.1) is 21.4 Å². The van der Waals surface area contributed by atoms with Crippen LogP contribution in [0.5, 0.6) is 11.5 Å². The number of rotatable bonds is 5. The van der Waals surface area contributed by atoms with Crippen molar-refractivity contribution in [3.63, 3.8) is 0 Å². The molecule has 2 aromatic heterocycles. The molecule has 9 nitrogen and oxygen atoms in total. The van der Waals surface area contributed by atoms with Crippen molar-refractivity contribution in [2.75, 3.05) is 6.61 Å². The van der Waals surface area contributed by atoms with Gasteiger partial charge in [0, 0.05) is 16.7 Å². The third kappa shape index (κ3) is 4.21. The number of nitriles is 1. The second-order valence-corrected chi connectivity index (χ2v) is 6.27. The van der Waals surface area contributed by atoms with Gasteiger partial charge in [0.25, 0.3) is 0 Å². The van der Waals surface area contributed by atoms with Crippen LogP contribution < -0.4 is 4.74 Å². The largest absolute Gasteiger partial charge is 0.500 e. The second-order valence-electron chi connectivity index (χ2n) is 5.36. The number of ether oxygens (including phenoxy) is 1. The summed E-state index contributed by atoms with van der Waals surface area (Å²) in [4.78, 5) is 21.9. The summed E-state index contributed by atoms with van der Waals surface area (Å²) in [7, 11) is 0. The number of nitro benzene ring substituents is 1. The predicted octanol–water partition coefficient (Wildman–Crippen LogP) is 4.22. The summed E-state index contributed by atoms with van der Waals surface area (Å²) in [6, 6.07) is 6.36. The van der Waals surface area contributed by atoms with Crippen molar-refractivity contribution in [3.05, 3.63) is 50.4 Å². The van der Waals surface area contributed by atoms with E-state index in [0.29, 0.717) is 16.7 Å². The van der Waals surface area contributed by atoms with Crippen LogP contribution in [0.4, 0.5) is 5.69 Å². The number of imidazole rings is 1. The van der Waals surface area contributed by atoms with Crippen molar-refractivity contribution >= 4 is 56.8 Å². The molecule has 1 aromatic carbocycles. The van der Waals surface area contributed by atoms with E-state index in [1.165, 1.54) is 12.1 Å². The van der Waals surface area contributed by atoms with Crippen LogP contribution in [0.15, 0.2) is 28.9 Å². The molecule has 144 valence electrons. The first-order valence-electron chi connectivity index (χ1n) is 7.70. The number of pyridine rings is 1. The SMILES string of the molecule is CCOc1cc(C=C(C#N)c2nc3ncc(Br)cc3[nH]2)cc([N+](=O)[O-])c1O.Cl. The lowest BCUT2D eigenvalue weighted by atomic mass is 10.1. The lowest BCUT2D eigenvalue weighted by molar-refractivity contribution is -0.386. The number of nitrogens with one attached hydrogen (secondary N) is 1. The highest BCUT2D eigenvalue weighted by Gasteiger charge is 2.20. The summed E-state index contributed by atoms with van der Waals surface area (Å²) in [6.45, 7) is 1.90. The minimum Gasteiger partial charge on any atom is -0.500 e. The van der Waals surface area contributed by atoms with Gasteiger partial charge in [-0.1, -0.05) is 0 Å². The van der Waals surface area contributed by atoms with E-state index < -0.39 is 16.4 Å². The van der Waals surface area contributed by atoms with Crippen LogP contribution >= 0.6 is 28.3 Å². The van der Waals surface area contributed by atoms with Crippen LogP contribution in [0.1, 0.15) is 18.3 Å². The number of hydrogen-bond donors (Lipinski definition) is 2. The molecule has 0 aliphatic heterocycles. The molecule has 0 radical (unpaired) electrons. The minimum absolute atomic E-state index is 0. The third-order valence-corrected chi connectivity index (χ3v) is 4.00. The highest BCUT2D eigenvalue weighted by atomic mass is 79.9. The number of allylic oxidation sites excluding steroid dienone is 1. The molecule has 28 heavy (non-hydrogen) atoms. The van der Waals surface area contributed by atoms with Gasteiger partial charge in [-0.3, -0.25) is 10.1 Å². The number of aromatic amines is 1. The van der Waals surface area contributed by atoms with E-state index in [1.54, 1.807) is 19.2 Å². The molecule has 0 fully saturated rings. The Morgan fingerprint density at radius 3 is 2.89 bits per heavy atom. The van der Waals surface area contributed by atoms with Crippen LogP contribution in [-0.2, 0) is 0 Å². The van der Waals surface area contributed by atoms with Crippen LogP contribution in [0.3, 0.4) is 0 Å². The van der Waals surface area contributed by atoms with Crippen molar-refractivity contribution in [2.24, 2.45) is 0 Å². The summed E-state index contributed by atoms with van der Waals surface area (Å²) in [5, 5.41) is 30.6. The number of halogens is 2. The third-order valence-electron chi connectivity index (χ3n) is 3.56. The molecule has 0 saturated carbocycles. The zero-order valence-corrected chi connectivity index (χ0v) is 16.7. The number of nitro groups is 1. The summed E-state index contributed by atoms with van der Waals surface area (Å²) in [6.07, 6.45) is 3.00. The Bertz CT molecular complexity index is 1120. The zero-order chi connectivity index (χ0) is 19.6. The van der Waals surface area contributed by atoms with E-state index in [-0.39, 0.29) is 36.2 Å². The molecule has 0 bridgehead atoms. The Morgan fingerprint density at radius 1 is 1.50 bits per heavy atom. The number of nitrogens with zero attached hydrogens (tertiary/aromatic N) is 4. The van der Waals surface area contributed by atoms with E-state index in [1.807, 2.05) is 6.07 Å². The molecule has 0 atom stereocenters. The predicted molar refractivity (Wildman–Crippen MR) is 108 cm³/mol. The number of aromatic nitrogens is 3. The highest BCUT2D eigenvalue weighted by Crippen LogP contribution is 2.38. The van der Waals surface area contributed by atoms with E-state index in [9.17, 15) is 20.5 Å². The van der Waals surface area contributed by atoms with Crippen molar-refractivity contribution in [3.8, 4) is 17.6 Å². The molecule has 3 aromatic rings. The van der Waals surface area contributed by atoms with Crippen molar-refractivity contribution in [1.82, 2.24) is 15.0 Å². The van der Waals surface area contributed by atoms with Gasteiger partial charge in [-0.25, -0.2) is 9.97 Å². The second kappa shape index (κ2) is 8.69. The van der Waals surface area contributed by atoms with E-state index in [2.05, 4.69) is 30.9 Å². The fraction of sp³-hybridized carbons (Fsp3) is 0.118. The average Bonchev–Trinajstić information content (AvgIpc) is 3.04. The lowest BCUT2D eigenvalue weighted by Gasteiger charge is -2.07. The van der Waals surface area contributed by atoms with E-state index in [4.69, 9.17) is 4.74 Å². The Morgan fingerprint density at radius 2 is 2.25 bits per heavy atom. The van der Waals surface area contributed by atoms with Gasteiger partial charge in [-0.2, -0.15) is 5.26 Å². The molecule has 0 saturated heterocycles. The van der Waals surface area contributed by atoms with Crippen molar-refractivity contribution in [1.29, 1.82) is 5.26 Å². The van der Waals surface area contributed by atoms with Gasteiger partial charge in [0.15, 0.2) is 17.2 Å². The highest BCUT2D eigenvalue weighted by molar-refractivity contribution is 9.10. The first-order valence-corrected chi connectivity index (χ1v) is 8.49. The van der Waals surface area contributed by atoms with Gasteiger partial charge in [0.05, 0.1) is 22.6 Å². The topological polar surface area (TPSA) is 138 Å². The molecule has 0 aliphatic carbocycles. The fourth-order valence-corrected chi connectivity index (χ4v) is 2.76. The Labute approximate surface area is 173 Å². The quantitative estimate of drug-likeness (QED) is 0.326. The average molecular weight is 467 g/mol. The zero-order valence-electron chi connectivity index (χ0n) is 14.3. The molecular weight excluding hydrogens is 454 g/mol. The molecule has 2 N–H and O–H groups in total. The first kappa shape index (κ1) is 21.1. The normalized spacial score (nSPS) is 11.0. The molecule has 3 rings (SSSR count). The number of phenolic OH excluding ortho intramolecular Hbond substituents is 1. The number of fused-ring (bicyclic) bond motifs is 1. The van der Waals surface area contributed by atoms with E-state index in [0.717, 1.165) is 10.5 Å². The summed E-state index contributed by atoms with van der Waals surface area (Å²) in [5.74, 6) is -0.326. The first-order chi connectivity index (χ1) is 12.9. The summed E-state index contributed by atoms with van der Waals surface area (Å²) < 4.78 is 6.00. The van der Waals surface area contributed by atoms with E-state index >= 15 is 0 Å². The van der Waals surface area contributed by atoms with Crippen molar-refractivity contribution < 1.29 is 14.8 Å². The number of hydrogen-bond acceptors (Lipinski definition) is 7. The Hall–Kier alpha value is -3.16. The number of aromatic hydroxyl groups is 1. The maximum absolute atomic E-state index is 11.2. The van der Waals surface area contributed by atoms with Gasteiger partial charge in [-0.05, 0) is 46.6 Å². The standard InChI is InChI=1S/C17H12BrN5O4.ClH/c1-2-27-14-5-9(4-13(15(14)24)23(25)26)3-10(7-19)16-21-12-6-11(18)8-20-17(12)22-16;/h3-6,8,24H,2H2,1H3,(H,20,21,22);1H. The molecule has 11 heteroatoms. The Kier molecular flexibility index (Phi) is 6.56. The number of H-pyrrole nitrogens is 1. The number of phenols is 1. The maximum atomic E-state index is 11.2. The smallest absolute Gasteiger partial charge is 0.315 e. The molecule has 0 spiro atoms. The Balaban J connectivity index is 0.00000280. The van der Waals surface area contributed by atoms with Crippen LogP contribution in [-0.4, -0.2) is 31.6 Å². The molecular formula is C17H13BrClN5O4. The molecule has 0 aliphatic rings. The van der Waals surface area contributed by atoms with Gasteiger partial charge in [0.1, 0.15) is 6.07 Å². The van der Waals surface area contributed by atoms with Gasteiger partial charge in [-0.15, -0.1) is 12.4 Å². The summed E-state index contributed by atoms with van der Waals surface area (Å²) >= 11 is 3.31. The fourth-order valence-electron chi connectivity index (χ4n) is 2.42. The molecule has 2 heterocycles. The van der Waals surface area contributed by atoms with Gasteiger partial charge >= 0.3 is 5.69 Å². The van der Waals surface area contributed by atoms with Crippen molar-refractivity contribution in [2.45, 2.75) is 6.92 Å². The van der Waals surface area contributed by atoms with Crippen LogP contribution in [0.25, 0.3) is 22.8 Å². The molecule has 0 amide bonds. The van der Waals surface area contributed by atoms with Crippen LogP contribution in [0.2, 0.25) is 0 Å². The molecule has 0 unspecified atom stereocenters. The monoisotopic (exact) mass is 465 g/mol. The minimum atomic E-state index is -0.718. The summed E-state index contributed by atoms with van der Waals surface area (Å²) in [5.41, 5.74) is 1.01. The number of benzene rings is 1. The van der Waals surface area contributed by atoms with Gasteiger partial charge in [0.2, 0.25) is 5.75 Å². The maximum Gasteiger partial charge on any atom is 0.315 e. The van der Waals surface area contributed by atoms with Gasteiger partial charge < -0.3 is 14.8 Å².